The number of carbonyl (C=O) groups is 2. The number of hydrogen-bond acceptors (Lipinski definition) is 3. The van der Waals surface area contributed by atoms with E-state index >= 15 is 0 Å². The van der Waals surface area contributed by atoms with Crippen LogP contribution < -0.4 is 5.32 Å². The van der Waals surface area contributed by atoms with Crippen LogP contribution in [0.1, 0.15) is 0 Å². The fourth-order valence-electron chi connectivity index (χ4n) is 1.43. The lowest BCUT2D eigenvalue weighted by Gasteiger charge is -2.09. The predicted molar refractivity (Wildman–Crippen MR) is 43.1 cm³/mol. The van der Waals surface area contributed by atoms with Gasteiger partial charge in [-0.05, 0) is 12.2 Å². The molecule has 0 aromatic carbocycles. The summed E-state index contributed by atoms with van der Waals surface area (Å²) in [4.78, 5) is 32.6. The summed E-state index contributed by atoms with van der Waals surface area (Å²) >= 11 is 0. The van der Waals surface area contributed by atoms with Crippen molar-refractivity contribution < 1.29 is 14.4 Å². The van der Waals surface area contributed by atoms with Crippen LogP contribution in [0.15, 0.2) is 29.5 Å². The van der Waals surface area contributed by atoms with E-state index in [1.165, 1.54) is 6.08 Å². The second kappa shape index (κ2) is 2.54. The number of amides is 1. The number of allylic oxidation sites excluding steroid dienone is 4. The molecule has 0 bridgehead atoms. The molecule has 2 rings (SSSR count). The monoisotopic (exact) mass is 175 g/mol. The molecule has 13 heavy (non-hydrogen) atoms. The Hall–Kier alpha value is -1.93. The molecule has 0 radical (unpaired) electrons. The van der Waals surface area contributed by atoms with Gasteiger partial charge in [-0.2, -0.15) is 0 Å². The molecule has 4 heteroatoms. The van der Waals surface area contributed by atoms with E-state index in [4.69, 9.17) is 0 Å². The van der Waals surface area contributed by atoms with Crippen molar-refractivity contribution in [3.8, 4) is 0 Å². The van der Waals surface area contributed by atoms with Crippen LogP contribution in [0.25, 0.3) is 0 Å². The summed E-state index contributed by atoms with van der Waals surface area (Å²) in [5, 5.41) is 2.39. The first-order chi connectivity index (χ1) is 6.24. The molecule has 1 heterocycles. The second-order valence-corrected chi connectivity index (χ2v) is 2.79. The van der Waals surface area contributed by atoms with E-state index < -0.39 is 17.6 Å². The third-order valence-electron chi connectivity index (χ3n) is 2.04. The van der Waals surface area contributed by atoms with Gasteiger partial charge in [0.25, 0.3) is 5.91 Å². The number of carbonyl (C=O) groups excluding carboxylic acids is 3. The van der Waals surface area contributed by atoms with Crippen molar-refractivity contribution in [2.45, 2.75) is 0 Å². The predicted octanol–water partition coefficient (Wildman–Crippen LogP) is -0.487. The Labute approximate surface area is 73.6 Å². The molecule has 1 atom stereocenters. The lowest BCUT2D eigenvalue weighted by molar-refractivity contribution is -0.136. The SMILES string of the molecule is O=C=C1C=CC=C2NC(=O)C(=O)C12. The van der Waals surface area contributed by atoms with Crippen LogP contribution in [0.2, 0.25) is 0 Å². The summed E-state index contributed by atoms with van der Waals surface area (Å²) in [7, 11) is 0. The molecule has 64 valence electrons. The molecular weight excluding hydrogens is 170 g/mol. The first kappa shape index (κ1) is 7.71. The van der Waals surface area contributed by atoms with Crippen molar-refractivity contribution in [3.63, 3.8) is 0 Å². The number of fused-ring (bicyclic) bond motifs is 1. The number of hydrogen-bond donors (Lipinski definition) is 1. The summed E-state index contributed by atoms with van der Waals surface area (Å²) in [5.41, 5.74) is 0.678. The summed E-state index contributed by atoms with van der Waals surface area (Å²) in [5.74, 6) is -0.337. The van der Waals surface area contributed by atoms with Gasteiger partial charge in [0.1, 0.15) is 11.9 Å². The van der Waals surface area contributed by atoms with Gasteiger partial charge in [-0.15, -0.1) is 0 Å². The highest BCUT2D eigenvalue weighted by Gasteiger charge is 2.39. The molecule has 0 spiro atoms. The Morgan fingerprint density at radius 2 is 2.15 bits per heavy atom. The average Bonchev–Trinajstić information content (AvgIpc) is 2.43. The van der Waals surface area contributed by atoms with E-state index in [1.54, 1.807) is 18.1 Å². The Morgan fingerprint density at radius 3 is 2.85 bits per heavy atom. The molecule has 4 nitrogen and oxygen atoms in total. The van der Waals surface area contributed by atoms with E-state index in [9.17, 15) is 14.4 Å². The van der Waals surface area contributed by atoms with Gasteiger partial charge in [-0.25, -0.2) is 4.79 Å². The minimum atomic E-state index is -0.741. The fraction of sp³-hybridized carbons (Fsp3) is 0.111. The Balaban J connectivity index is 2.53. The minimum absolute atomic E-state index is 0.209. The van der Waals surface area contributed by atoms with Crippen molar-refractivity contribution >= 4 is 17.6 Å². The smallest absolute Gasteiger partial charge is 0.292 e. The van der Waals surface area contributed by atoms with Gasteiger partial charge in [-0.3, -0.25) is 9.59 Å². The van der Waals surface area contributed by atoms with Gasteiger partial charge in [-0.1, -0.05) is 6.08 Å². The third kappa shape index (κ3) is 0.965. The highest BCUT2D eigenvalue weighted by atomic mass is 16.2. The number of rotatable bonds is 0. The maximum Gasteiger partial charge on any atom is 0.292 e. The van der Waals surface area contributed by atoms with Crippen LogP contribution in [-0.2, 0) is 14.4 Å². The average molecular weight is 175 g/mol. The molecule has 1 aliphatic heterocycles. The molecule has 1 unspecified atom stereocenters. The summed E-state index contributed by atoms with van der Waals surface area (Å²) in [6.45, 7) is 0. The molecule has 0 saturated carbocycles. The number of ketones is 1. The lowest BCUT2D eigenvalue weighted by Crippen LogP contribution is -2.19. The van der Waals surface area contributed by atoms with Gasteiger partial charge < -0.3 is 5.32 Å². The summed E-state index contributed by atoms with van der Waals surface area (Å²) in [6.07, 6.45) is 4.69. The normalized spacial score (nSPS) is 25.1. The number of Topliss-reactive ketones (excluding diaryl/α,β-unsaturated/α-hetero) is 1. The van der Waals surface area contributed by atoms with Crippen LogP contribution in [-0.4, -0.2) is 17.6 Å². The zero-order valence-electron chi connectivity index (χ0n) is 6.53. The van der Waals surface area contributed by atoms with Gasteiger partial charge in [0.15, 0.2) is 0 Å². The topological polar surface area (TPSA) is 63.2 Å². The summed E-state index contributed by atoms with van der Waals surface area (Å²) in [6, 6.07) is 0. The van der Waals surface area contributed by atoms with Gasteiger partial charge in [0.2, 0.25) is 5.78 Å². The molecular formula is C9H5NO3. The third-order valence-corrected chi connectivity index (χ3v) is 2.04. The standard InChI is InChI=1S/C9H5NO3/c11-4-5-2-1-3-6-7(5)8(12)9(13)10-6/h1-3,7H,(H,10,13). The second-order valence-electron chi connectivity index (χ2n) is 2.79. The van der Waals surface area contributed by atoms with Crippen molar-refractivity contribution in [1.29, 1.82) is 0 Å². The van der Waals surface area contributed by atoms with Gasteiger partial charge in [0, 0.05) is 5.70 Å². The van der Waals surface area contributed by atoms with Crippen molar-refractivity contribution in [2.24, 2.45) is 5.92 Å². The highest BCUT2D eigenvalue weighted by Crippen LogP contribution is 2.27. The molecule has 1 amide bonds. The molecule has 1 aliphatic carbocycles. The lowest BCUT2D eigenvalue weighted by atomic mass is 9.91. The summed E-state index contributed by atoms with van der Waals surface area (Å²) < 4.78 is 0. The molecule has 1 N–H and O–H groups in total. The quantitative estimate of drug-likeness (QED) is 0.399. The molecule has 2 aliphatic rings. The van der Waals surface area contributed by atoms with Crippen molar-refractivity contribution in [2.75, 3.05) is 0 Å². The van der Waals surface area contributed by atoms with E-state index in [0.29, 0.717) is 5.70 Å². The van der Waals surface area contributed by atoms with Crippen LogP contribution in [0.3, 0.4) is 0 Å². The van der Waals surface area contributed by atoms with E-state index in [1.807, 2.05) is 0 Å². The zero-order chi connectivity index (χ0) is 9.42. The molecule has 1 fully saturated rings. The van der Waals surface area contributed by atoms with Crippen molar-refractivity contribution in [1.82, 2.24) is 5.32 Å². The highest BCUT2D eigenvalue weighted by molar-refractivity contribution is 6.41. The first-order valence-corrected chi connectivity index (χ1v) is 3.72. The fourth-order valence-corrected chi connectivity index (χ4v) is 1.43. The van der Waals surface area contributed by atoms with Gasteiger partial charge >= 0.3 is 0 Å². The first-order valence-electron chi connectivity index (χ1n) is 3.72. The molecule has 0 aromatic rings. The Bertz CT molecular complexity index is 411. The van der Waals surface area contributed by atoms with Crippen LogP contribution >= 0.6 is 0 Å². The Kier molecular flexibility index (Phi) is 1.50. The number of nitrogens with one attached hydrogen (secondary N) is 1. The van der Waals surface area contributed by atoms with Crippen LogP contribution in [0.5, 0.6) is 0 Å². The van der Waals surface area contributed by atoms with E-state index in [0.717, 1.165) is 0 Å². The van der Waals surface area contributed by atoms with Crippen LogP contribution in [0.4, 0.5) is 0 Å². The molecule has 1 saturated heterocycles. The van der Waals surface area contributed by atoms with Crippen LogP contribution in [0, 0.1) is 5.92 Å². The molecule has 0 aromatic heterocycles. The Morgan fingerprint density at radius 1 is 1.38 bits per heavy atom. The van der Waals surface area contributed by atoms with Crippen molar-refractivity contribution in [3.05, 3.63) is 29.5 Å². The van der Waals surface area contributed by atoms with Gasteiger partial charge in [0.05, 0.1) is 5.57 Å². The van der Waals surface area contributed by atoms with E-state index in [-0.39, 0.29) is 5.57 Å². The zero-order valence-corrected chi connectivity index (χ0v) is 6.53. The minimum Gasteiger partial charge on any atom is -0.322 e. The van der Waals surface area contributed by atoms with E-state index in [2.05, 4.69) is 5.32 Å². The largest absolute Gasteiger partial charge is 0.322 e. The maximum absolute atomic E-state index is 11.2. The maximum atomic E-state index is 11.2.